The van der Waals surface area contributed by atoms with Crippen molar-refractivity contribution in [3.63, 3.8) is 0 Å². The molecular formula is C104H86Cl2F18N6O17S3. The van der Waals surface area contributed by atoms with Crippen LogP contribution < -0.4 is 14.7 Å². The minimum Gasteiger partial charge on any atom is -0.507 e. The third-order valence-corrected chi connectivity index (χ3v) is 31.6. The van der Waals surface area contributed by atoms with Gasteiger partial charge in [-0.05, 0) is 187 Å². The Morgan fingerprint density at radius 1 is 0.293 bits per heavy atom. The van der Waals surface area contributed by atoms with Crippen LogP contribution in [-0.4, -0.2) is 119 Å². The number of aromatic carboxylic acids is 3. The van der Waals surface area contributed by atoms with Crippen LogP contribution in [0.15, 0.2) is 197 Å². The highest BCUT2D eigenvalue weighted by molar-refractivity contribution is 7.89. The molecule has 15 rings (SSSR count). The number of carbonyl (C=O) groups is 6. The van der Waals surface area contributed by atoms with E-state index in [1.165, 1.54) is 89.8 Å². The van der Waals surface area contributed by atoms with Gasteiger partial charge in [0, 0.05) is 75.6 Å². The second-order valence-corrected chi connectivity index (χ2v) is 41.9. The summed E-state index contributed by atoms with van der Waals surface area (Å²) in [6.45, 7) is -6.46. The van der Waals surface area contributed by atoms with Crippen LogP contribution >= 0.6 is 23.2 Å². The molecule has 0 saturated heterocycles. The van der Waals surface area contributed by atoms with E-state index in [2.05, 4.69) is 0 Å². The first kappa shape index (κ1) is 113. The van der Waals surface area contributed by atoms with Gasteiger partial charge in [-0.3, -0.25) is 14.4 Å². The number of amides is 3. The number of benzene rings is 12. The number of hydrogen-bond acceptors (Lipinski definition) is 14. The minimum atomic E-state index is -6.33. The predicted molar refractivity (Wildman–Crippen MR) is 510 cm³/mol. The normalized spacial score (nSPS) is 13.6. The fourth-order valence-electron chi connectivity index (χ4n) is 17.7. The van der Waals surface area contributed by atoms with Crippen LogP contribution in [0.4, 0.5) is 96.1 Å². The van der Waals surface area contributed by atoms with Crippen molar-refractivity contribution in [2.24, 2.45) is 0 Å². The maximum absolute atomic E-state index is 15.3. The molecule has 3 saturated carbocycles. The van der Waals surface area contributed by atoms with Crippen LogP contribution in [0.2, 0.25) is 10.0 Å². The van der Waals surface area contributed by atoms with Crippen LogP contribution in [0, 0.1) is 119 Å². The van der Waals surface area contributed by atoms with Crippen LogP contribution in [-0.2, 0) is 83.7 Å². The van der Waals surface area contributed by atoms with Crippen LogP contribution in [0.25, 0.3) is 0 Å². The smallest absolute Gasteiger partial charge is 0.339 e. The number of sulfonamides is 3. The van der Waals surface area contributed by atoms with E-state index in [-0.39, 0.29) is 57.8 Å². The van der Waals surface area contributed by atoms with E-state index in [1.54, 1.807) is 30.3 Å². The van der Waals surface area contributed by atoms with Crippen molar-refractivity contribution in [2.75, 3.05) is 34.3 Å². The van der Waals surface area contributed by atoms with Crippen LogP contribution in [0.1, 0.15) is 187 Å². The molecular weight excluding hydrogens is 2110 g/mol. The number of carboxylic acids is 3. The second kappa shape index (κ2) is 47.5. The Bertz CT molecular complexity index is 7520. The molecule has 0 radical (unpaired) electrons. The standard InChI is InChI=1S/C35H31ClF4N2O6S.C35H31ClF4N2O5S.C34H24F10N2O6S/c1-20-30(37)32(39)33(40)34(31(20)38)49(47,48)41(17-21-9-11-25(36)12-10-21)19-29(44)42(26-13-14-27(35(45)46)28(43)16-26)18-22-5-4-8-24(15-22)23-6-2-3-7-23;1-21-30(37)32(39)33(40)34(31(21)38)48(46,47)41(18-22-9-13-27(36)14-10-22)20-29(43)42(28-15-11-25(12-16-28)35(44)45)19-23-5-4-8-26(17-23)24-6-2-3-7-24;35-23-20(24(36)26(38)27(39)25(23)37)13-45(53(51,52)33-31(43)29(41)28(40)30(42)32(33)44)14-22(48)46(18-8-9-19(34(49)50)21(47)11-18)12-15-4-3-7-17(10-15)16-5-1-2-6-16/h4-5,8-16,23,43H,2-3,6-7,17-19H2,1H3,(H,45,46);4-5,8-17,24H,2-3,6-7,18-20H2,1H3,(H,44,45);3-4,7-11,16,47H,1-2,5-6,12-14H2,(H,49,50). The van der Waals surface area contributed by atoms with E-state index < -0.39 is 275 Å². The molecule has 5 N–H and O–H groups in total. The summed E-state index contributed by atoms with van der Waals surface area (Å²) < 4.78 is 345. The number of carbonyl (C=O) groups excluding carboxylic acids is 3. The summed E-state index contributed by atoms with van der Waals surface area (Å²) in [6.07, 6.45) is 11.9. The zero-order valence-electron chi connectivity index (χ0n) is 78.5. The highest BCUT2D eigenvalue weighted by Gasteiger charge is 2.45. The average molecular weight is 2200 g/mol. The van der Waals surface area contributed by atoms with Crippen molar-refractivity contribution in [1.29, 1.82) is 0 Å². The van der Waals surface area contributed by atoms with Gasteiger partial charge in [-0.15, -0.1) is 0 Å². The molecule has 0 aliphatic heterocycles. The lowest BCUT2D eigenvalue weighted by atomic mass is 9.96. The summed E-state index contributed by atoms with van der Waals surface area (Å²) in [5, 5.41) is 49.6. The van der Waals surface area contributed by atoms with E-state index in [0.29, 0.717) is 47.1 Å². The molecule has 0 atom stereocenters. The van der Waals surface area contributed by atoms with Crippen molar-refractivity contribution in [2.45, 2.75) is 163 Å². The number of hydrogen-bond donors (Lipinski definition) is 5. The number of nitrogens with zero attached hydrogens (tertiary/aromatic N) is 6. The van der Waals surface area contributed by atoms with Gasteiger partial charge in [0.1, 0.15) is 22.6 Å². The van der Waals surface area contributed by atoms with Gasteiger partial charge in [0.2, 0.25) is 59.4 Å². The number of rotatable bonds is 33. The maximum atomic E-state index is 15.3. The van der Waals surface area contributed by atoms with Crippen molar-refractivity contribution in [1.82, 2.24) is 12.9 Å². The summed E-state index contributed by atoms with van der Waals surface area (Å²) in [6, 6.07) is 44.2. The summed E-state index contributed by atoms with van der Waals surface area (Å²) in [5.41, 5.74) is -0.286. The molecule has 0 unspecified atom stereocenters. The van der Waals surface area contributed by atoms with Gasteiger partial charge < -0.3 is 40.2 Å². The quantitative estimate of drug-likeness (QED) is 0.0145. The van der Waals surface area contributed by atoms with Gasteiger partial charge >= 0.3 is 17.9 Å². The van der Waals surface area contributed by atoms with E-state index in [9.17, 15) is 141 Å². The van der Waals surface area contributed by atoms with Crippen LogP contribution in [0.3, 0.4) is 0 Å². The van der Waals surface area contributed by atoms with Gasteiger partial charge in [-0.2, -0.15) is 12.9 Å². The fraction of sp³-hybridized carbons (Fsp3) is 0.250. The summed E-state index contributed by atoms with van der Waals surface area (Å²) in [5.74, 6) is -52.3. The third kappa shape index (κ3) is 24.9. The Kier molecular flexibility index (Phi) is 35.9. The molecule has 0 heterocycles. The first-order valence-electron chi connectivity index (χ1n) is 45.6. The molecule has 0 aromatic heterocycles. The van der Waals surface area contributed by atoms with Crippen molar-refractivity contribution in [3.8, 4) is 11.5 Å². The van der Waals surface area contributed by atoms with E-state index in [4.69, 9.17) is 23.2 Å². The zero-order chi connectivity index (χ0) is 109. The Morgan fingerprint density at radius 3 is 0.853 bits per heavy atom. The first-order valence-corrected chi connectivity index (χ1v) is 50.7. The number of anilines is 3. The number of carboxylic acid groups (broad SMARTS) is 3. The molecule has 0 spiro atoms. The fourth-order valence-corrected chi connectivity index (χ4v) is 22.5. The molecule has 46 heteroatoms. The Balaban J connectivity index is 0.000000188. The van der Waals surface area contributed by atoms with E-state index in [1.807, 2.05) is 36.4 Å². The summed E-state index contributed by atoms with van der Waals surface area (Å²) >= 11 is 11.9. The number of aromatic hydroxyl groups is 2. The summed E-state index contributed by atoms with van der Waals surface area (Å²) in [4.78, 5) is 73.8. The highest BCUT2D eigenvalue weighted by atomic mass is 35.5. The topological polar surface area (TPSA) is 325 Å². The highest BCUT2D eigenvalue weighted by Crippen LogP contribution is 2.43. The van der Waals surface area contributed by atoms with Gasteiger partial charge in [0.15, 0.2) is 108 Å². The number of halogens is 20. The predicted octanol–water partition coefficient (Wildman–Crippen LogP) is 23.2. The van der Waals surface area contributed by atoms with Gasteiger partial charge in [-0.25, -0.2) is 119 Å². The molecule has 23 nitrogen and oxygen atoms in total. The lowest BCUT2D eigenvalue weighted by Gasteiger charge is -2.28. The average Bonchev–Trinajstić information content (AvgIpc) is 0.822. The zero-order valence-corrected chi connectivity index (χ0v) is 82.5. The van der Waals surface area contributed by atoms with E-state index >= 15 is 17.6 Å². The third-order valence-electron chi connectivity index (χ3n) is 25.7. The number of phenols is 2. The molecule has 12 aromatic carbocycles. The van der Waals surface area contributed by atoms with Gasteiger partial charge in [-0.1, -0.05) is 159 Å². The van der Waals surface area contributed by atoms with Crippen molar-refractivity contribution >= 4 is 106 Å². The summed E-state index contributed by atoms with van der Waals surface area (Å²) in [7, 11) is -17.1. The Morgan fingerprint density at radius 2 is 0.560 bits per heavy atom. The van der Waals surface area contributed by atoms with Crippen LogP contribution in [0.5, 0.6) is 11.5 Å². The van der Waals surface area contributed by atoms with Crippen molar-refractivity contribution < 1.29 is 159 Å². The van der Waals surface area contributed by atoms with Gasteiger partial charge in [0.05, 0.1) is 44.8 Å². The maximum Gasteiger partial charge on any atom is 0.339 e. The Hall–Kier alpha value is -13.9. The molecule has 3 amide bonds. The molecule has 3 aliphatic rings. The molecule has 792 valence electrons. The lowest BCUT2D eigenvalue weighted by molar-refractivity contribution is -0.119. The van der Waals surface area contributed by atoms with E-state index in [0.717, 1.165) is 143 Å². The molecule has 150 heavy (non-hydrogen) atoms. The van der Waals surface area contributed by atoms with Gasteiger partial charge in [0.25, 0.3) is 0 Å². The monoisotopic (exact) mass is 2200 g/mol. The SMILES string of the molecule is Cc1c(F)c(F)c(F)c(S(=O)(=O)N(CC(=O)N(Cc2cccc(C3CCCC3)c2)c2ccc(C(=O)O)c(O)c2)Cc2ccc(Cl)cc2)c1F.Cc1c(F)c(F)c(F)c(S(=O)(=O)N(CC(=O)N(Cc2cccc(C3CCCC3)c2)c2ccc(C(=O)O)cc2)Cc2ccc(Cl)cc2)c1F.O=C(O)c1ccc(N(Cc2cccc(C3CCCC3)c2)C(=O)CN(Cc2c(F)c(F)c(F)c(F)c2F)S(=O)(=O)c2c(F)c(F)c(F)c(F)c2F)cc1O. The Labute approximate surface area is 855 Å². The molecule has 12 aromatic rings. The largest absolute Gasteiger partial charge is 0.507 e. The second-order valence-electron chi connectivity index (χ2n) is 35.4. The minimum absolute atomic E-state index is 0.0105. The van der Waals surface area contributed by atoms with Crippen molar-refractivity contribution in [3.05, 3.63) is 375 Å². The molecule has 3 fully saturated rings. The molecule has 3 aliphatic carbocycles. The first-order chi connectivity index (χ1) is 70.8. The molecule has 0 bridgehead atoms. The lowest BCUT2D eigenvalue weighted by Crippen LogP contribution is -2.43.